The number of aromatic nitrogens is 1. The lowest BCUT2D eigenvalue weighted by Crippen LogP contribution is -2.51. The number of ether oxygens (including phenoxy) is 2. The number of nitrogens with zero attached hydrogens (tertiary/aromatic N) is 3. The van der Waals surface area contributed by atoms with Crippen LogP contribution in [0.1, 0.15) is 64.1 Å². The van der Waals surface area contributed by atoms with Crippen molar-refractivity contribution < 1.29 is 18.8 Å². The molecule has 0 N–H and O–H groups in total. The maximum absolute atomic E-state index is 12.2. The predicted molar refractivity (Wildman–Crippen MR) is 115 cm³/mol. The second-order valence-corrected chi connectivity index (χ2v) is 9.62. The molecule has 0 spiro atoms. The van der Waals surface area contributed by atoms with E-state index in [1.54, 1.807) is 0 Å². The van der Waals surface area contributed by atoms with E-state index in [4.69, 9.17) is 14.0 Å². The van der Waals surface area contributed by atoms with Crippen molar-refractivity contribution in [2.45, 2.75) is 69.9 Å². The van der Waals surface area contributed by atoms with Crippen LogP contribution in [0.3, 0.4) is 0 Å². The van der Waals surface area contributed by atoms with E-state index in [0.29, 0.717) is 17.4 Å². The van der Waals surface area contributed by atoms with Crippen LogP contribution in [0.15, 0.2) is 10.6 Å². The van der Waals surface area contributed by atoms with Gasteiger partial charge in [-0.2, -0.15) is 0 Å². The van der Waals surface area contributed by atoms with Crippen LogP contribution in [0.5, 0.6) is 0 Å². The Balaban J connectivity index is 1.35. The normalized spacial score (nSPS) is 24.2. The van der Waals surface area contributed by atoms with Crippen LogP contribution in [0.4, 0.5) is 5.82 Å². The van der Waals surface area contributed by atoms with Gasteiger partial charge in [-0.25, -0.2) is 0 Å². The van der Waals surface area contributed by atoms with Crippen molar-refractivity contribution in [1.29, 1.82) is 0 Å². The second-order valence-electron chi connectivity index (χ2n) is 9.62. The Labute approximate surface area is 180 Å². The molecule has 2 aliphatic heterocycles. The third kappa shape index (κ3) is 4.11. The van der Waals surface area contributed by atoms with Gasteiger partial charge in [0.15, 0.2) is 11.6 Å². The first-order valence-corrected chi connectivity index (χ1v) is 11.6. The fraction of sp³-hybridized carbons (Fsp3) is 0.826. The fourth-order valence-electron chi connectivity index (χ4n) is 5.71. The average molecular weight is 420 g/mol. The van der Waals surface area contributed by atoms with Crippen LogP contribution in [0.2, 0.25) is 0 Å². The highest BCUT2D eigenvalue weighted by atomic mass is 16.5. The second kappa shape index (κ2) is 8.87. The number of piperidine rings is 2. The van der Waals surface area contributed by atoms with Gasteiger partial charge in [0.25, 0.3) is 0 Å². The third-order valence-electron chi connectivity index (χ3n) is 7.69. The van der Waals surface area contributed by atoms with Gasteiger partial charge >= 0.3 is 5.97 Å². The summed E-state index contributed by atoms with van der Waals surface area (Å²) in [5.74, 6) is 1.65. The van der Waals surface area contributed by atoms with Crippen molar-refractivity contribution >= 4 is 11.8 Å². The largest absolute Gasteiger partial charge is 0.468 e. The first kappa shape index (κ1) is 21.6. The number of esters is 1. The first-order valence-electron chi connectivity index (χ1n) is 11.6. The lowest BCUT2D eigenvalue weighted by atomic mass is 9.85. The van der Waals surface area contributed by atoms with E-state index in [-0.39, 0.29) is 11.9 Å². The molecule has 1 atom stereocenters. The fourth-order valence-corrected chi connectivity index (χ4v) is 5.71. The Morgan fingerprint density at radius 3 is 2.33 bits per heavy atom. The third-order valence-corrected chi connectivity index (χ3v) is 7.69. The molecule has 30 heavy (non-hydrogen) atoms. The molecule has 7 heteroatoms. The number of hydrogen-bond acceptors (Lipinski definition) is 7. The molecule has 1 aliphatic carbocycles. The van der Waals surface area contributed by atoms with Gasteiger partial charge in [-0.05, 0) is 50.4 Å². The van der Waals surface area contributed by atoms with E-state index in [1.165, 1.54) is 45.9 Å². The summed E-state index contributed by atoms with van der Waals surface area (Å²) >= 11 is 0. The number of carbonyl (C=O) groups excluding carboxylic acids is 1. The van der Waals surface area contributed by atoms with Crippen LogP contribution < -0.4 is 4.90 Å². The van der Waals surface area contributed by atoms with Crippen molar-refractivity contribution in [1.82, 2.24) is 10.1 Å². The summed E-state index contributed by atoms with van der Waals surface area (Å²) in [5, 5.41) is 4.29. The van der Waals surface area contributed by atoms with Crippen LogP contribution in [-0.2, 0) is 14.3 Å². The SMILES string of the molecule is COC(=O)C(c1cc(N2CCC(C3(N4CCC(OC)CC4)CC3)CC2)no1)C(C)C. The van der Waals surface area contributed by atoms with Crippen molar-refractivity contribution in [3.05, 3.63) is 11.8 Å². The molecule has 4 rings (SSSR count). The minimum atomic E-state index is -0.404. The molecule has 0 radical (unpaired) electrons. The summed E-state index contributed by atoms with van der Waals surface area (Å²) in [6.07, 6.45) is 7.84. The van der Waals surface area contributed by atoms with Crippen molar-refractivity contribution in [2.24, 2.45) is 11.8 Å². The molecule has 0 aromatic carbocycles. The van der Waals surface area contributed by atoms with E-state index in [1.807, 2.05) is 27.0 Å². The highest BCUT2D eigenvalue weighted by molar-refractivity contribution is 5.77. The summed E-state index contributed by atoms with van der Waals surface area (Å²) in [7, 11) is 3.26. The van der Waals surface area contributed by atoms with Crippen molar-refractivity contribution in [3.63, 3.8) is 0 Å². The molecule has 0 bridgehead atoms. The molecule has 1 aromatic heterocycles. The van der Waals surface area contributed by atoms with Crippen LogP contribution in [0.25, 0.3) is 0 Å². The molecule has 1 aromatic rings. The summed E-state index contributed by atoms with van der Waals surface area (Å²) in [5.41, 5.74) is 0.438. The van der Waals surface area contributed by atoms with E-state index in [2.05, 4.69) is 15.0 Å². The Morgan fingerprint density at radius 1 is 1.13 bits per heavy atom. The minimum absolute atomic E-state index is 0.0981. The maximum Gasteiger partial charge on any atom is 0.316 e. The monoisotopic (exact) mass is 419 g/mol. The molecular formula is C23H37N3O4. The van der Waals surface area contributed by atoms with Gasteiger partial charge in [0.1, 0.15) is 5.92 Å². The van der Waals surface area contributed by atoms with Gasteiger partial charge in [0.05, 0.1) is 13.2 Å². The highest BCUT2D eigenvalue weighted by Crippen LogP contribution is 2.52. The zero-order valence-electron chi connectivity index (χ0n) is 18.9. The van der Waals surface area contributed by atoms with Gasteiger partial charge in [-0.1, -0.05) is 19.0 Å². The summed E-state index contributed by atoms with van der Waals surface area (Å²) in [6.45, 7) is 8.35. The van der Waals surface area contributed by atoms with Gasteiger partial charge in [-0.3, -0.25) is 9.69 Å². The molecule has 0 amide bonds. The van der Waals surface area contributed by atoms with E-state index in [9.17, 15) is 4.79 Å². The van der Waals surface area contributed by atoms with Crippen molar-refractivity contribution in [2.75, 3.05) is 45.3 Å². The number of likely N-dealkylation sites (tertiary alicyclic amines) is 1. The number of rotatable bonds is 7. The molecule has 3 aliphatic rings. The molecule has 7 nitrogen and oxygen atoms in total. The number of anilines is 1. The van der Waals surface area contributed by atoms with Gasteiger partial charge in [0, 0.05) is 44.9 Å². The quantitative estimate of drug-likeness (QED) is 0.627. The minimum Gasteiger partial charge on any atom is -0.468 e. The number of hydrogen-bond donors (Lipinski definition) is 0. The number of methoxy groups -OCH3 is 2. The van der Waals surface area contributed by atoms with Crippen LogP contribution in [-0.4, -0.2) is 68.1 Å². The Kier molecular flexibility index (Phi) is 6.39. The molecule has 3 fully saturated rings. The first-order chi connectivity index (χ1) is 14.5. The van der Waals surface area contributed by atoms with Crippen LogP contribution >= 0.6 is 0 Å². The Bertz CT molecular complexity index is 714. The Hall–Kier alpha value is -1.60. The molecular weight excluding hydrogens is 382 g/mol. The summed E-state index contributed by atoms with van der Waals surface area (Å²) in [4.78, 5) is 17.2. The van der Waals surface area contributed by atoms with Crippen molar-refractivity contribution in [3.8, 4) is 0 Å². The molecule has 3 heterocycles. The van der Waals surface area contributed by atoms with Gasteiger partial charge in [0.2, 0.25) is 0 Å². The summed E-state index contributed by atoms with van der Waals surface area (Å²) in [6, 6.07) is 1.93. The Morgan fingerprint density at radius 2 is 1.80 bits per heavy atom. The maximum atomic E-state index is 12.2. The van der Waals surface area contributed by atoms with Gasteiger partial charge < -0.3 is 18.9 Å². The lowest BCUT2D eigenvalue weighted by molar-refractivity contribution is -0.144. The zero-order valence-corrected chi connectivity index (χ0v) is 18.9. The molecule has 2 saturated heterocycles. The molecule has 168 valence electrons. The summed E-state index contributed by atoms with van der Waals surface area (Å²) < 4.78 is 16.1. The van der Waals surface area contributed by atoms with Gasteiger partial charge in [-0.15, -0.1) is 0 Å². The van der Waals surface area contributed by atoms with E-state index >= 15 is 0 Å². The standard InChI is InChI=1S/C23H37N3O4/c1-16(2)21(22(27)29-4)19-15-20(24-30-19)25-11-5-17(6-12-25)23(9-10-23)26-13-7-18(28-3)8-14-26/h15-18,21H,5-14H2,1-4H3. The topological polar surface area (TPSA) is 68.0 Å². The molecule has 1 unspecified atom stereocenters. The average Bonchev–Trinajstić information content (AvgIpc) is 3.45. The van der Waals surface area contributed by atoms with E-state index < -0.39 is 5.92 Å². The van der Waals surface area contributed by atoms with E-state index in [0.717, 1.165) is 37.7 Å². The lowest BCUT2D eigenvalue weighted by Gasteiger charge is -2.44. The van der Waals surface area contributed by atoms with Crippen LogP contribution in [0, 0.1) is 11.8 Å². The molecule has 1 saturated carbocycles. The smallest absolute Gasteiger partial charge is 0.316 e. The highest BCUT2D eigenvalue weighted by Gasteiger charge is 2.54. The zero-order chi connectivity index (χ0) is 21.3. The predicted octanol–water partition coefficient (Wildman–Crippen LogP) is 3.45. The number of carbonyl (C=O) groups is 1.